The summed E-state index contributed by atoms with van der Waals surface area (Å²) in [7, 11) is 2.22. The van der Waals surface area contributed by atoms with Gasteiger partial charge >= 0.3 is 0 Å². The zero-order valence-corrected chi connectivity index (χ0v) is 14.3. The van der Waals surface area contributed by atoms with Crippen molar-refractivity contribution in [2.45, 2.75) is 26.2 Å². The summed E-state index contributed by atoms with van der Waals surface area (Å²) in [5.74, 6) is 0. The Kier molecular flexibility index (Phi) is 2.87. The van der Waals surface area contributed by atoms with Crippen molar-refractivity contribution >= 4 is 11.4 Å². The number of aryl methyl sites for hydroxylation is 1. The van der Waals surface area contributed by atoms with Gasteiger partial charge in [0.15, 0.2) is 0 Å². The zero-order chi connectivity index (χ0) is 16.3. The van der Waals surface area contributed by atoms with Gasteiger partial charge in [0.05, 0.1) is 0 Å². The molecule has 3 aromatic carbocycles. The summed E-state index contributed by atoms with van der Waals surface area (Å²) >= 11 is 0. The molecule has 5 rings (SSSR count). The molecule has 0 saturated heterocycles. The minimum atomic E-state index is 1.05. The van der Waals surface area contributed by atoms with Gasteiger partial charge in [-0.2, -0.15) is 0 Å². The highest BCUT2D eigenvalue weighted by molar-refractivity contribution is 5.77. The highest BCUT2D eigenvalue weighted by atomic mass is 15.1. The van der Waals surface area contributed by atoms with E-state index in [0.29, 0.717) is 0 Å². The molecule has 0 spiro atoms. The van der Waals surface area contributed by atoms with E-state index in [0.717, 1.165) is 19.3 Å². The van der Waals surface area contributed by atoms with Crippen molar-refractivity contribution < 1.29 is 0 Å². The van der Waals surface area contributed by atoms with Crippen LogP contribution in [0.1, 0.15) is 38.9 Å². The summed E-state index contributed by atoms with van der Waals surface area (Å²) in [5.41, 5.74) is 13.0. The summed E-state index contributed by atoms with van der Waals surface area (Å²) in [6.07, 6.45) is 3.18. The molecule has 1 aliphatic carbocycles. The van der Waals surface area contributed by atoms with Gasteiger partial charge in [0.2, 0.25) is 0 Å². The van der Waals surface area contributed by atoms with Crippen molar-refractivity contribution in [2.75, 3.05) is 11.9 Å². The van der Waals surface area contributed by atoms with Crippen molar-refractivity contribution in [3.05, 3.63) is 93.5 Å². The first-order chi connectivity index (χ1) is 11.7. The Hall–Kier alpha value is -2.54. The molecule has 24 heavy (non-hydrogen) atoms. The molecule has 1 heteroatoms. The van der Waals surface area contributed by atoms with Gasteiger partial charge in [0.1, 0.15) is 0 Å². The van der Waals surface area contributed by atoms with Crippen molar-refractivity contribution in [1.82, 2.24) is 0 Å². The van der Waals surface area contributed by atoms with Crippen LogP contribution in [0.5, 0.6) is 0 Å². The van der Waals surface area contributed by atoms with Crippen LogP contribution in [0.15, 0.2) is 54.6 Å². The van der Waals surface area contributed by atoms with Gasteiger partial charge in [-0.05, 0) is 64.8 Å². The second kappa shape index (κ2) is 4.98. The van der Waals surface area contributed by atoms with Crippen LogP contribution in [0.3, 0.4) is 0 Å². The lowest BCUT2D eigenvalue weighted by Crippen LogP contribution is -2.21. The number of para-hydroxylation sites is 1. The van der Waals surface area contributed by atoms with Crippen molar-refractivity contribution in [3.63, 3.8) is 0 Å². The van der Waals surface area contributed by atoms with E-state index in [9.17, 15) is 0 Å². The van der Waals surface area contributed by atoms with Gasteiger partial charge in [-0.1, -0.05) is 48.5 Å². The zero-order valence-electron chi connectivity index (χ0n) is 14.3. The highest BCUT2D eigenvalue weighted by Gasteiger charge is 2.24. The molecule has 2 aliphatic rings. The molecule has 1 heterocycles. The quantitative estimate of drug-likeness (QED) is 0.433. The average Bonchev–Trinajstić information content (AvgIpc) is 2.59. The predicted molar refractivity (Wildman–Crippen MR) is 101 cm³/mol. The molecule has 1 aliphatic heterocycles. The molecule has 0 N–H and O–H groups in total. The maximum Gasteiger partial charge on any atom is 0.0473 e. The van der Waals surface area contributed by atoms with Crippen molar-refractivity contribution in [2.24, 2.45) is 0 Å². The Labute approximate surface area is 143 Å². The van der Waals surface area contributed by atoms with Crippen molar-refractivity contribution in [3.8, 4) is 0 Å². The summed E-state index contributed by atoms with van der Waals surface area (Å²) in [5, 5.41) is 0. The molecule has 0 aromatic heterocycles. The molecule has 0 atom stereocenters. The van der Waals surface area contributed by atoms with E-state index in [1.165, 1.54) is 50.3 Å². The first-order valence-corrected chi connectivity index (χ1v) is 8.74. The summed E-state index contributed by atoms with van der Waals surface area (Å²) < 4.78 is 0. The first kappa shape index (κ1) is 13.9. The largest absolute Gasteiger partial charge is 0.344 e. The van der Waals surface area contributed by atoms with Crippen LogP contribution >= 0.6 is 0 Å². The van der Waals surface area contributed by atoms with E-state index in [1.807, 2.05) is 0 Å². The Bertz CT molecular complexity index is 968. The number of anilines is 2. The fourth-order valence-corrected chi connectivity index (χ4v) is 4.49. The van der Waals surface area contributed by atoms with Gasteiger partial charge in [0.25, 0.3) is 0 Å². The van der Waals surface area contributed by atoms with Crippen LogP contribution in [0.2, 0.25) is 0 Å². The molecular weight excluding hydrogens is 290 g/mol. The topological polar surface area (TPSA) is 3.24 Å². The first-order valence-electron chi connectivity index (χ1n) is 8.74. The monoisotopic (exact) mass is 311 g/mol. The molecule has 0 bridgehead atoms. The minimum Gasteiger partial charge on any atom is -0.344 e. The highest BCUT2D eigenvalue weighted by Crippen LogP contribution is 2.42. The fraction of sp³-hybridized carbons (Fsp3) is 0.217. The van der Waals surface area contributed by atoms with Crippen LogP contribution < -0.4 is 4.90 Å². The fourth-order valence-electron chi connectivity index (χ4n) is 4.49. The molecule has 1 nitrogen and oxygen atoms in total. The molecule has 0 amide bonds. The van der Waals surface area contributed by atoms with Gasteiger partial charge in [-0.3, -0.25) is 0 Å². The van der Waals surface area contributed by atoms with E-state index >= 15 is 0 Å². The summed E-state index contributed by atoms with van der Waals surface area (Å²) in [4.78, 5) is 2.39. The minimum absolute atomic E-state index is 1.05. The van der Waals surface area contributed by atoms with Crippen molar-refractivity contribution in [1.29, 1.82) is 0 Å². The smallest absolute Gasteiger partial charge is 0.0473 e. The van der Waals surface area contributed by atoms with Crippen LogP contribution in [0.25, 0.3) is 0 Å². The van der Waals surface area contributed by atoms with E-state index in [-0.39, 0.29) is 0 Å². The molecule has 0 unspecified atom stereocenters. The number of hydrogen-bond donors (Lipinski definition) is 0. The molecule has 0 radical (unpaired) electrons. The average molecular weight is 311 g/mol. The lowest BCUT2D eigenvalue weighted by Gasteiger charge is -2.33. The number of hydrogen-bond acceptors (Lipinski definition) is 1. The number of fused-ring (bicyclic) bond motifs is 4. The van der Waals surface area contributed by atoms with Gasteiger partial charge in [-0.15, -0.1) is 0 Å². The molecule has 3 aromatic rings. The lowest BCUT2D eigenvalue weighted by atomic mass is 9.82. The van der Waals surface area contributed by atoms with E-state index in [1.54, 1.807) is 0 Å². The number of nitrogens with zero attached hydrogens (tertiary/aromatic N) is 1. The normalized spacial score (nSPS) is 14.5. The predicted octanol–water partition coefficient (Wildman–Crippen LogP) is 5.16. The van der Waals surface area contributed by atoms with E-state index in [2.05, 4.69) is 73.5 Å². The van der Waals surface area contributed by atoms with E-state index in [4.69, 9.17) is 0 Å². The third-order valence-corrected chi connectivity index (χ3v) is 5.68. The van der Waals surface area contributed by atoms with Crippen LogP contribution in [0, 0.1) is 6.92 Å². The SMILES string of the molecule is Cc1cccc2c1N(C)c1cc3c(cc1C2)Cc1ccccc1C3. The lowest BCUT2D eigenvalue weighted by molar-refractivity contribution is 0.969. The maximum atomic E-state index is 2.46. The molecule has 118 valence electrons. The van der Waals surface area contributed by atoms with Gasteiger partial charge in [-0.25, -0.2) is 0 Å². The Balaban J connectivity index is 1.64. The maximum absolute atomic E-state index is 2.46. The Morgan fingerprint density at radius 3 is 2.04 bits per heavy atom. The Morgan fingerprint density at radius 1 is 0.667 bits per heavy atom. The molecule has 0 saturated carbocycles. The summed E-state index contributed by atoms with van der Waals surface area (Å²) in [6, 6.07) is 20.5. The number of benzene rings is 3. The Morgan fingerprint density at radius 2 is 1.29 bits per heavy atom. The molecule has 0 fully saturated rings. The molecular formula is C23H21N. The standard InChI is InChI=1S/C23H21N/c1-15-6-5-9-18-12-21-13-19-10-16-7-3-4-8-17(16)11-20(19)14-22(21)24(2)23(15)18/h3-9,13-14H,10-12H2,1-2H3. The van der Waals surface area contributed by atoms with Gasteiger partial charge < -0.3 is 4.90 Å². The summed E-state index contributed by atoms with van der Waals surface area (Å²) in [6.45, 7) is 2.22. The third kappa shape index (κ3) is 1.94. The second-order valence-electron chi connectivity index (χ2n) is 7.19. The van der Waals surface area contributed by atoms with Crippen LogP contribution in [-0.2, 0) is 19.3 Å². The third-order valence-electron chi connectivity index (χ3n) is 5.68. The van der Waals surface area contributed by atoms with Gasteiger partial charge in [0, 0.05) is 24.8 Å². The van der Waals surface area contributed by atoms with E-state index < -0.39 is 0 Å². The number of rotatable bonds is 0. The van der Waals surface area contributed by atoms with Crippen LogP contribution in [-0.4, -0.2) is 7.05 Å². The van der Waals surface area contributed by atoms with Crippen LogP contribution in [0.4, 0.5) is 11.4 Å². The second-order valence-corrected chi connectivity index (χ2v) is 7.19.